The molecule has 6 heteroatoms. The standard InChI is InChI=1S/C13H19Cl2NO2S/c1-9(17)6-7-16(2)12(18)5-3-4-10-8-11(14)19-13(10)15/h8-9,17H,3-7H2,1-2H3. The molecule has 0 aliphatic rings. The van der Waals surface area contributed by atoms with Gasteiger partial charge in [-0.25, -0.2) is 0 Å². The Labute approximate surface area is 128 Å². The molecule has 108 valence electrons. The highest BCUT2D eigenvalue weighted by molar-refractivity contribution is 7.20. The molecule has 0 aromatic carbocycles. The maximum Gasteiger partial charge on any atom is 0.222 e. The molecule has 1 atom stereocenters. The smallest absolute Gasteiger partial charge is 0.222 e. The van der Waals surface area contributed by atoms with Gasteiger partial charge in [0.05, 0.1) is 14.8 Å². The van der Waals surface area contributed by atoms with Crippen molar-refractivity contribution in [3.63, 3.8) is 0 Å². The summed E-state index contributed by atoms with van der Waals surface area (Å²) in [6.45, 7) is 2.31. The molecule has 0 spiro atoms. The zero-order chi connectivity index (χ0) is 14.4. The van der Waals surface area contributed by atoms with Crippen LogP contribution in [0.3, 0.4) is 0 Å². The van der Waals surface area contributed by atoms with Crippen LogP contribution in [-0.2, 0) is 11.2 Å². The normalized spacial score (nSPS) is 12.5. The van der Waals surface area contributed by atoms with Gasteiger partial charge in [0.15, 0.2) is 0 Å². The molecule has 1 aromatic rings. The van der Waals surface area contributed by atoms with Crippen molar-refractivity contribution in [3.05, 3.63) is 20.3 Å². The maximum absolute atomic E-state index is 11.8. The maximum atomic E-state index is 11.8. The second kappa shape index (κ2) is 8.10. The predicted octanol–water partition coefficient (Wildman–Crippen LogP) is 3.61. The molecule has 3 nitrogen and oxygen atoms in total. The Bertz CT molecular complexity index is 421. The van der Waals surface area contributed by atoms with Gasteiger partial charge in [-0.1, -0.05) is 23.2 Å². The van der Waals surface area contributed by atoms with Crippen molar-refractivity contribution in [1.29, 1.82) is 0 Å². The second-order valence-corrected chi connectivity index (χ2v) is 6.94. The number of aliphatic hydroxyl groups excluding tert-OH is 1. The number of halogens is 2. The van der Waals surface area contributed by atoms with E-state index in [4.69, 9.17) is 23.2 Å². The van der Waals surface area contributed by atoms with Gasteiger partial charge in [0, 0.05) is 20.0 Å². The summed E-state index contributed by atoms with van der Waals surface area (Å²) in [4.78, 5) is 13.5. The van der Waals surface area contributed by atoms with Gasteiger partial charge in [0.1, 0.15) is 0 Å². The molecule has 0 radical (unpaired) electrons. The van der Waals surface area contributed by atoms with Gasteiger partial charge in [-0.2, -0.15) is 0 Å². The minimum atomic E-state index is -0.373. The van der Waals surface area contributed by atoms with Crippen molar-refractivity contribution < 1.29 is 9.90 Å². The van der Waals surface area contributed by atoms with Crippen LogP contribution in [0.4, 0.5) is 0 Å². The molecule has 19 heavy (non-hydrogen) atoms. The molecule has 0 aliphatic heterocycles. The van der Waals surface area contributed by atoms with Gasteiger partial charge in [-0.05, 0) is 37.8 Å². The molecular formula is C13H19Cl2NO2S. The van der Waals surface area contributed by atoms with Crippen LogP contribution in [0.5, 0.6) is 0 Å². The van der Waals surface area contributed by atoms with Crippen LogP contribution in [0.15, 0.2) is 6.07 Å². The van der Waals surface area contributed by atoms with Gasteiger partial charge in [0.25, 0.3) is 0 Å². The van der Waals surface area contributed by atoms with Crippen LogP contribution in [0.25, 0.3) is 0 Å². The number of carbonyl (C=O) groups excluding carboxylic acids is 1. The highest BCUT2D eigenvalue weighted by Gasteiger charge is 2.11. The number of hydrogen-bond acceptors (Lipinski definition) is 3. The summed E-state index contributed by atoms with van der Waals surface area (Å²) >= 11 is 13.2. The highest BCUT2D eigenvalue weighted by atomic mass is 35.5. The Morgan fingerprint density at radius 1 is 1.53 bits per heavy atom. The van der Waals surface area contributed by atoms with E-state index in [-0.39, 0.29) is 12.0 Å². The zero-order valence-corrected chi connectivity index (χ0v) is 13.5. The Balaban J connectivity index is 2.28. The molecule has 0 aliphatic carbocycles. The first-order valence-electron chi connectivity index (χ1n) is 6.26. The Morgan fingerprint density at radius 3 is 2.74 bits per heavy atom. The van der Waals surface area contributed by atoms with E-state index in [0.717, 1.165) is 18.4 Å². The SMILES string of the molecule is CC(O)CCN(C)C(=O)CCCc1cc(Cl)sc1Cl. The summed E-state index contributed by atoms with van der Waals surface area (Å²) in [6.07, 6.45) is 2.23. The fourth-order valence-electron chi connectivity index (χ4n) is 1.67. The summed E-state index contributed by atoms with van der Waals surface area (Å²) in [5.41, 5.74) is 1.01. The third kappa shape index (κ3) is 6.13. The van der Waals surface area contributed by atoms with Crippen LogP contribution in [0.1, 0.15) is 31.7 Å². The zero-order valence-electron chi connectivity index (χ0n) is 11.2. The number of rotatable bonds is 7. The number of carbonyl (C=O) groups is 1. The lowest BCUT2D eigenvalue weighted by atomic mass is 10.1. The molecule has 1 aromatic heterocycles. The first-order valence-corrected chi connectivity index (χ1v) is 7.83. The fourth-order valence-corrected chi connectivity index (χ4v) is 3.22. The van der Waals surface area contributed by atoms with Crippen LogP contribution in [0.2, 0.25) is 8.67 Å². The van der Waals surface area contributed by atoms with Gasteiger partial charge < -0.3 is 10.0 Å². The summed E-state index contributed by atoms with van der Waals surface area (Å²) < 4.78 is 1.39. The van der Waals surface area contributed by atoms with Crippen molar-refractivity contribution in [2.24, 2.45) is 0 Å². The van der Waals surface area contributed by atoms with Gasteiger partial charge in [-0.3, -0.25) is 4.79 Å². The topological polar surface area (TPSA) is 40.5 Å². The molecule has 0 fully saturated rings. The minimum absolute atomic E-state index is 0.0955. The van der Waals surface area contributed by atoms with Gasteiger partial charge in [-0.15, -0.1) is 11.3 Å². The van der Waals surface area contributed by atoms with Crippen LogP contribution < -0.4 is 0 Å². The first kappa shape index (κ1) is 16.8. The predicted molar refractivity (Wildman–Crippen MR) is 81.2 cm³/mol. The Kier molecular flexibility index (Phi) is 7.15. The molecule has 1 unspecified atom stereocenters. The molecule has 0 saturated carbocycles. The van der Waals surface area contributed by atoms with Gasteiger partial charge >= 0.3 is 0 Å². The summed E-state index contributed by atoms with van der Waals surface area (Å²) in [7, 11) is 1.76. The van der Waals surface area contributed by atoms with Crippen LogP contribution >= 0.6 is 34.5 Å². The summed E-state index contributed by atoms with van der Waals surface area (Å²) in [6, 6.07) is 1.86. The average Bonchev–Trinajstić information content (AvgIpc) is 2.64. The number of hydrogen-bond donors (Lipinski definition) is 1. The van der Waals surface area contributed by atoms with E-state index in [9.17, 15) is 9.90 Å². The summed E-state index contributed by atoms with van der Waals surface area (Å²) in [5, 5.41) is 9.18. The first-order chi connectivity index (χ1) is 8.90. The lowest BCUT2D eigenvalue weighted by Crippen LogP contribution is -2.29. The monoisotopic (exact) mass is 323 g/mol. The van der Waals surface area contributed by atoms with Crippen molar-refractivity contribution in [1.82, 2.24) is 4.90 Å². The third-order valence-electron chi connectivity index (χ3n) is 2.87. The highest BCUT2D eigenvalue weighted by Crippen LogP contribution is 2.32. The lowest BCUT2D eigenvalue weighted by Gasteiger charge is -2.17. The van der Waals surface area contributed by atoms with E-state index in [1.807, 2.05) is 6.07 Å². The molecule has 1 heterocycles. The number of aryl methyl sites for hydroxylation is 1. The molecule has 1 N–H and O–H groups in total. The van der Waals surface area contributed by atoms with Crippen molar-refractivity contribution >= 4 is 40.4 Å². The van der Waals surface area contributed by atoms with E-state index in [1.165, 1.54) is 11.3 Å². The minimum Gasteiger partial charge on any atom is -0.393 e. The number of amides is 1. The van der Waals surface area contributed by atoms with E-state index in [1.54, 1.807) is 18.9 Å². The quantitative estimate of drug-likeness (QED) is 0.832. The van der Waals surface area contributed by atoms with Crippen LogP contribution in [-0.4, -0.2) is 35.6 Å². The van der Waals surface area contributed by atoms with Crippen LogP contribution in [0, 0.1) is 0 Å². The van der Waals surface area contributed by atoms with E-state index < -0.39 is 0 Å². The largest absolute Gasteiger partial charge is 0.393 e. The Morgan fingerprint density at radius 2 is 2.21 bits per heavy atom. The lowest BCUT2D eigenvalue weighted by molar-refractivity contribution is -0.130. The third-order valence-corrected chi connectivity index (χ3v) is 4.44. The summed E-state index contributed by atoms with van der Waals surface area (Å²) in [5.74, 6) is 0.0955. The Hall–Kier alpha value is -0.290. The molecule has 0 bridgehead atoms. The number of nitrogens with zero attached hydrogens (tertiary/aromatic N) is 1. The molecular weight excluding hydrogens is 305 g/mol. The van der Waals surface area contributed by atoms with Crippen molar-refractivity contribution in [2.45, 2.75) is 38.7 Å². The van der Waals surface area contributed by atoms with E-state index in [2.05, 4.69) is 0 Å². The molecule has 1 rings (SSSR count). The second-order valence-electron chi connectivity index (χ2n) is 4.66. The fraction of sp³-hybridized carbons (Fsp3) is 0.615. The number of thiophene rings is 1. The average molecular weight is 324 g/mol. The molecule has 0 saturated heterocycles. The van der Waals surface area contributed by atoms with E-state index >= 15 is 0 Å². The van der Waals surface area contributed by atoms with Crippen molar-refractivity contribution in [3.8, 4) is 0 Å². The van der Waals surface area contributed by atoms with Crippen molar-refractivity contribution in [2.75, 3.05) is 13.6 Å². The molecule has 1 amide bonds. The number of aliphatic hydroxyl groups is 1. The van der Waals surface area contributed by atoms with Gasteiger partial charge in [0.2, 0.25) is 5.91 Å². The van der Waals surface area contributed by atoms with E-state index in [0.29, 0.717) is 28.1 Å².